The molecule has 14 nitrogen and oxygen atoms in total. The number of imidazole rings is 1. The third-order valence-electron chi connectivity index (χ3n) is 8.38. The highest BCUT2D eigenvalue weighted by molar-refractivity contribution is 5.93. The summed E-state index contributed by atoms with van der Waals surface area (Å²) in [5, 5.41) is 42.2. The lowest BCUT2D eigenvalue weighted by Gasteiger charge is -2.29. The Kier molecular flexibility index (Phi) is 15.1. The molecule has 0 bridgehead atoms. The van der Waals surface area contributed by atoms with Crippen LogP contribution in [-0.4, -0.2) is 92.6 Å². The maximum Gasteiger partial charge on any atom is 0.408 e. The molecule has 4 amide bonds. The third kappa shape index (κ3) is 12.5. The Morgan fingerprint density at radius 2 is 1.54 bits per heavy atom. The summed E-state index contributed by atoms with van der Waals surface area (Å²) in [5.74, 6) is -1.85. The van der Waals surface area contributed by atoms with E-state index >= 15 is 0 Å². The van der Waals surface area contributed by atoms with Gasteiger partial charge in [0.25, 0.3) is 0 Å². The van der Waals surface area contributed by atoms with Crippen LogP contribution in [0.5, 0.6) is 0 Å². The van der Waals surface area contributed by atoms with Crippen molar-refractivity contribution in [3.63, 3.8) is 0 Å². The molecule has 0 radical (unpaired) electrons. The number of carbonyl (C=O) groups excluding carboxylic acids is 4. The lowest BCUT2D eigenvalue weighted by Crippen LogP contribution is -2.57. The molecule has 0 spiro atoms. The van der Waals surface area contributed by atoms with Crippen LogP contribution in [0.25, 0.3) is 10.8 Å². The first kappa shape index (κ1) is 39.5. The molecule has 0 aliphatic heterocycles. The summed E-state index contributed by atoms with van der Waals surface area (Å²) in [4.78, 5) is 60.6. The van der Waals surface area contributed by atoms with E-state index in [4.69, 9.17) is 9.84 Å². The maximum absolute atomic E-state index is 14.1. The molecule has 0 saturated heterocycles. The number of aliphatic hydroxyl groups is 3. The summed E-state index contributed by atoms with van der Waals surface area (Å²) in [5.41, 5.74) is 2.03. The number of H-pyrrole nitrogens is 1. The highest BCUT2D eigenvalue weighted by atomic mass is 16.5. The number of nitrogens with one attached hydrogen (secondary N) is 5. The number of aromatic amines is 1. The summed E-state index contributed by atoms with van der Waals surface area (Å²) in [7, 11) is 0. The first-order chi connectivity index (χ1) is 25.0. The zero-order valence-electron chi connectivity index (χ0n) is 29.3. The number of fused-ring (bicyclic) bond motifs is 1. The molecule has 1 aromatic heterocycles. The number of hydrogen-bond acceptors (Lipinski definition) is 9. The number of rotatable bonds is 19. The molecule has 5 atom stereocenters. The molecule has 3 unspecified atom stereocenters. The molecule has 52 heavy (non-hydrogen) atoms. The molecule has 4 rings (SSSR count). The molecule has 0 fully saturated rings. The normalized spacial score (nSPS) is 14.1. The monoisotopic (exact) mass is 716 g/mol. The van der Waals surface area contributed by atoms with Crippen LogP contribution < -0.4 is 21.3 Å². The second-order valence-electron chi connectivity index (χ2n) is 13.1. The molecule has 0 aliphatic carbocycles. The van der Waals surface area contributed by atoms with E-state index < -0.39 is 60.8 Å². The molecule has 1 heterocycles. The van der Waals surface area contributed by atoms with Crippen LogP contribution in [0.15, 0.2) is 85.3 Å². The van der Waals surface area contributed by atoms with Gasteiger partial charge in [-0.1, -0.05) is 86.6 Å². The van der Waals surface area contributed by atoms with E-state index in [2.05, 4.69) is 31.2 Å². The molecule has 0 saturated carbocycles. The number of aromatic nitrogens is 2. The van der Waals surface area contributed by atoms with E-state index in [0.717, 1.165) is 21.9 Å². The number of ether oxygens (including phenoxy) is 1. The Morgan fingerprint density at radius 3 is 2.25 bits per heavy atom. The van der Waals surface area contributed by atoms with Crippen LogP contribution in [-0.2, 0) is 38.6 Å². The molecule has 278 valence electrons. The van der Waals surface area contributed by atoms with Crippen LogP contribution in [0.2, 0.25) is 0 Å². The topological polar surface area (TPSA) is 215 Å². The Balaban J connectivity index is 1.54. The Hall–Kier alpha value is -5.31. The van der Waals surface area contributed by atoms with Crippen molar-refractivity contribution in [3.05, 3.63) is 102 Å². The summed E-state index contributed by atoms with van der Waals surface area (Å²) in [6.45, 7) is 3.04. The van der Waals surface area contributed by atoms with Crippen molar-refractivity contribution in [2.45, 2.75) is 76.5 Å². The van der Waals surface area contributed by atoms with Crippen molar-refractivity contribution in [2.24, 2.45) is 5.92 Å². The lowest BCUT2D eigenvalue weighted by atomic mass is 9.96. The second-order valence-corrected chi connectivity index (χ2v) is 13.1. The maximum atomic E-state index is 14.1. The van der Waals surface area contributed by atoms with Crippen LogP contribution in [0, 0.1) is 5.92 Å². The van der Waals surface area contributed by atoms with Gasteiger partial charge in [0.05, 0.1) is 43.3 Å². The van der Waals surface area contributed by atoms with Crippen molar-refractivity contribution in [1.82, 2.24) is 31.2 Å². The van der Waals surface area contributed by atoms with Gasteiger partial charge in [-0.05, 0) is 34.2 Å². The van der Waals surface area contributed by atoms with Gasteiger partial charge in [-0.15, -0.1) is 0 Å². The Labute approximate surface area is 302 Å². The quantitative estimate of drug-likeness (QED) is 0.0710. The SMILES string of the molecule is CC(C)CC(NC(=O)[C@H](Cc1c[nH]cn1)NC(=O)[C@H](Cc1cccc2ccccc12)NC(=O)OCc1ccccc1)C(O)CC(=O)NCC(O)CO. The minimum atomic E-state index is -1.31. The number of hydrogen-bond donors (Lipinski definition) is 8. The summed E-state index contributed by atoms with van der Waals surface area (Å²) < 4.78 is 5.45. The molecule has 4 aromatic rings. The first-order valence-corrected chi connectivity index (χ1v) is 17.3. The third-order valence-corrected chi connectivity index (χ3v) is 8.38. The Morgan fingerprint density at radius 1 is 0.846 bits per heavy atom. The number of benzene rings is 3. The van der Waals surface area contributed by atoms with Crippen molar-refractivity contribution in [2.75, 3.05) is 13.2 Å². The fourth-order valence-corrected chi connectivity index (χ4v) is 5.70. The minimum absolute atomic E-state index is 0.00905. The lowest BCUT2D eigenvalue weighted by molar-refractivity contribution is -0.131. The molecule has 14 heteroatoms. The molecule has 0 aliphatic rings. The fraction of sp³-hybridized carbons (Fsp3) is 0.395. The smallest absolute Gasteiger partial charge is 0.408 e. The average Bonchev–Trinajstić information content (AvgIpc) is 3.65. The largest absolute Gasteiger partial charge is 0.445 e. The molecular weight excluding hydrogens is 668 g/mol. The summed E-state index contributed by atoms with van der Waals surface area (Å²) >= 11 is 0. The van der Waals surface area contributed by atoms with Crippen LogP contribution >= 0.6 is 0 Å². The highest BCUT2D eigenvalue weighted by Gasteiger charge is 2.32. The van der Waals surface area contributed by atoms with Gasteiger partial charge in [-0.2, -0.15) is 0 Å². The van der Waals surface area contributed by atoms with E-state index in [0.29, 0.717) is 12.1 Å². The van der Waals surface area contributed by atoms with Crippen molar-refractivity contribution in [1.29, 1.82) is 0 Å². The summed E-state index contributed by atoms with van der Waals surface area (Å²) in [6, 6.07) is 19.2. The Bertz CT molecular complexity index is 1730. The van der Waals surface area contributed by atoms with Gasteiger partial charge < -0.3 is 46.3 Å². The minimum Gasteiger partial charge on any atom is -0.445 e. The number of carbonyl (C=O) groups is 4. The van der Waals surface area contributed by atoms with Crippen molar-refractivity contribution >= 4 is 34.6 Å². The molecule has 8 N–H and O–H groups in total. The van der Waals surface area contributed by atoms with Gasteiger partial charge in [-0.25, -0.2) is 9.78 Å². The number of nitrogens with zero attached hydrogens (tertiary/aromatic N) is 1. The van der Waals surface area contributed by atoms with Gasteiger partial charge in [-0.3, -0.25) is 14.4 Å². The number of amides is 4. The highest BCUT2D eigenvalue weighted by Crippen LogP contribution is 2.20. The van der Waals surface area contributed by atoms with Gasteiger partial charge >= 0.3 is 6.09 Å². The van der Waals surface area contributed by atoms with Gasteiger partial charge in [0.15, 0.2) is 0 Å². The predicted octanol–water partition coefficient (Wildman–Crippen LogP) is 1.88. The molecular formula is C38H48N6O8. The molecule has 3 aromatic carbocycles. The van der Waals surface area contributed by atoms with Gasteiger partial charge in [0.2, 0.25) is 17.7 Å². The number of alkyl carbamates (subject to hydrolysis) is 1. The zero-order valence-corrected chi connectivity index (χ0v) is 29.3. The van der Waals surface area contributed by atoms with Crippen LogP contribution in [0.1, 0.15) is 43.5 Å². The number of aliphatic hydroxyl groups excluding tert-OH is 3. The first-order valence-electron chi connectivity index (χ1n) is 17.3. The standard InChI is InChI=1S/C38H48N6O8/c1-24(2)15-31(34(47)18-35(48)40-20-29(46)21-45)42-37(50)33(17-28-19-39-23-41-28)43-36(49)32(44-38(51)52-22-25-9-4-3-5-10-25)16-27-13-8-12-26-11-6-7-14-30(26)27/h3-14,19,23-24,29,31-34,45-47H,15-18,20-22H2,1-2H3,(H,39,41)(H,40,48)(H,42,50)(H,43,49)(H,44,51)/t29?,31?,32-,33-,34?/m0/s1. The fourth-order valence-electron chi connectivity index (χ4n) is 5.70. The second kappa shape index (κ2) is 19.9. The van der Waals surface area contributed by atoms with E-state index in [1.54, 1.807) is 6.20 Å². The van der Waals surface area contributed by atoms with E-state index in [-0.39, 0.29) is 38.3 Å². The van der Waals surface area contributed by atoms with E-state index in [9.17, 15) is 29.4 Å². The predicted molar refractivity (Wildman–Crippen MR) is 194 cm³/mol. The van der Waals surface area contributed by atoms with E-state index in [1.165, 1.54) is 6.33 Å². The van der Waals surface area contributed by atoms with Crippen molar-refractivity contribution in [3.8, 4) is 0 Å². The average molecular weight is 717 g/mol. The van der Waals surface area contributed by atoms with Gasteiger partial charge in [0.1, 0.15) is 18.7 Å². The zero-order chi connectivity index (χ0) is 37.5. The summed E-state index contributed by atoms with van der Waals surface area (Å²) in [6.07, 6.45) is -0.258. The van der Waals surface area contributed by atoms with Gasteiger partial charge in [0, 0.05) is 25.6 Å². The van der Waals surface area contributed by atoms with Crippen LogP contribution in [0.4, 0.5) is 4.79 Å². The van der Waals surface area contributed by atoms with E-state index in [1.807, 2.05) is 86.6 Å². The van der Waals surface area contributed by atoms with Crippen molar-refractivity contribution < 1.29 is 39.2 Å². The van der Waals surface area contributed by atoms with Crippen LogP contribution in [0.3, 0.4) is 0 Å².